The molecule has 1 rings (SSSR count). The Morgan fingerprint density at radius 1 is 1.85 bits per heavy atom. The molecule has 13 heavy (non-hydrogen) atoms. The molecule has 0 saturated heterocycles. The zero-order chi connectivity index (χ0) is 9.84. The van der Waals surface area contributed by atoms with E-state index in [2.05, 4.69) is 22.1 Å². The van der Waals surface area contributed by atoms with Crippen molar-refractivity contribution in [2.24, 2.45) is 0 Å². The van der Waals surface area contributed by atoms with Crippen LogP contribution in [0.15, 0.2) is 18.8 Å². The summed E-state index contributed by atoms with van der Waals surface area (Å²) >= 11 is 0. The van der Waals surface area contributed by atoms with Gasteiger partial charge in [-0.25, -0.2) is 0 Å². The van der Waals surface area contributed by atoms with E-state index < -0.39 is 12.1 Å². The molecule has 5 heteroatoms. The molecule has 0 aliphatic carbocycles. The van der Waals surface area contributed by atoms with Crippen molar-refractivity contribution in [3.05, 3.63) is 24.5 Å². The lowest BCUT2D eigenvalue weighted by molar-refractivity contribution is -0.118. The summed E-state index contributed by atoms with van der Waals surface area (Å²) in [6.45, 7) is 5.01. The predicted octanol–water partition coefficient (Wildman–Crippen LogP) is -0.123. The Morgan fingerprint density at radius 2 is 2.54 bits per heavy atom. The second-order valence-corrected chi connectivity index (χ2v) is 2.60. The van der Waals surface area contributed by atoms with Crippen LogP contribution in [0.2, 0.25) is 0 Å². The molecular weight excluding hydrogens is 170 g/mol. The van der Waals surface area contributed by atoms with Crippen molar-refractivity contribution in [2.75, 3.05) is 0 Å². The number of aromatic amines is 1. The van der Waals surface area contributed by atoms with Gasteiger partial charge in [0.2, 0.25) is 0 Å². The van der Waals surface area contributed by atoms with Crippen LogP contribution in [0, 0.1) is 0 Å². The molecule has 1 atom stereocenters. The first-order valence-electron chi connectivity index (χ1n) is 3.79. The molecule has 1 heterocycles. The minimum absolute atomic E-state index is 0.249. The molecule has 0 aliphatic rings. The Morgan fingerprint density at radius 3 is 3.00 bits per heavy atom. The van der Waals surface area contributed by atoms with Gasteiger partial charge in [0.15, 0.2) is 0 Å². The number of rotatable bonds is 3. The second-order valence-electron chi connectivity index (χ2n) is 2.60. The lowest BCUT2D eigenvalue weighted by atomic mass is 10.2. The first kappa shape index (κ1) is 9.47. The molecule has 0 fully saturated rings. The van der Waals surface area contributed by atoms with Crippen molar-refractivity contribution in [3.63, 3.8) is 0 Å². The number of carbonyl (C=O) groups is 1. The Hall–Kier alpha value is -1.62. The van der Waals surface area contributed by atoms with E-state index in [9.17, 15) is 4.79 Å². The van der Waals surface area contributed by atoms with Crippen LogP contribution in [0.4, 0.5) is 0 Å². The standard InChI is InChI=1S/C8H11N3O2/c1-5(7-3-4-9-11-7)8(13)10-6(2)12/h3-4,6,12H,1H2,2H3,(H,9,11)(H,10,13). The molecule has 5 nitrogen and oxygen atoms in total. The fraction of sp³-hybridized carbons (Fsp3) is 0.250. The maximum atomic E-state index is 11.2. The van der Waals surface area contributed by atoms with Gasteiger partial charge >= 0.3 is 0 Å². The van der Waals surface area contributed by atoms with Gasteiger partial charge in [-0.3, -0.25) is 9.89 Å². The first-order chi connectivity index (χ1) is 6.11. The molecule has 0 radical (unpaired) electrons. The Bertz CT molecular complexity index is 303. The van der Waals surface area contributed by atoms with Crippen molar-refractivity contribution in [1.29, 1.82) is 0 Å². The van der Waals surface area contributed by atoms with E-state index in [0.717, 1.165) is 0 Å². The maximum Gasteiger partial charge on any atom is 0.254 e. The van der Waals surface area contributed by atoms with Crippen molar-refractivity contribution < 1.29 is 9.90 Å². The normalized spacial score (nSPS) is 12.2. The van der Waals surface area contributed by atoms with Crippen LogP contribution in [0.5, 0.6) is 0 Å². The smallest absolute Gasteiger partial charge is 0.254 e. The monoisotopic (exact) mass is 181 g/mol. The molecule has 70 valence electrons. The molecule has 0 spiro atoms. The number of aliphatic hydroxyl groups excluding tert-OH is 1. The Labute approximate surface area is 75.5 Å². The zero-order valence-corrected chi connectivity index (χ0v) is 7.24. The highest BCUT2D eigenvalue weighted by molar-refractivity contribution is 6.18. The van der Waals surface area contributed by atoms with Gasteiger partial charge in [0.25, 0.3) is 5.91 Å². The molecule has 0 saturated carbocycles. The van der Waals surface area contributed by atoms with E-state index in [1.165, 1.54) is 13.1 Å². The van der Waals surface area contributed by atoms with Gasteiger partial charge < -0.3 is 10.4 Å². The number of aliphatic hydroxyl groups is 1. The highest BCUT2D eigenvalue weighted by Gasteiger charge is 2.11. The SMILES string of the molecule is C=C(C(=O)NC(C)O)c1ccn[nH]1. The largest absolute Gasteiger partial charge is 0.374 e. The summed E-state index contributed by atoms with van der Waals surface area (Å²) in [7, 11) is 0. The number of amides is 1. The first-order valence-corrected chi connectivity index (χ1v) is 3.79. The topological polar surface area (TPSA) is 78.0 Å². The van der Waals surface area contributed by atoms with E-state index in [-0.39, 0.29) is 5.57 Å². The van der Waals surface area contributed by atoms with Crippen molar-refractivity contribution >= 4 is 11.5 Å². The van der Waals surface area contributed by atoms with Crippen LogP contribution >= 0.6 is 0 Å². The van der Waals surface area contributed by atoms with Gasteiger partial charge in [-0.15, -0.1) is 0 Å². The predicted molar refractivity (Wildman–Crippen MR) is 47.4 cm³/mol. The third-order valence-corrected chi connectivity index (χ3v) is 1.44. The third kappa shape index (κ3) is 2.41. The summed E-state index contributed by atoms with van der Waals surface area (Å²) in [6, 6.07) is 1.63. The molecule has 0 aromatic carbocycles. The number of carbonyl (C=O) groups excluding carboxylic acids is 1. The van der Waals surface area contributed by atoms with Crippen LogP contribution in [0.3, 0.4) is 0 Å². The number of hydrogen-bond donors (Lipinski definition) is 3. The summed E-state index contributed by atoms with van der Waals surface area (Å²) in [5.41, 5.74) is 0.788. The highest BCUT2D eigenvalue weighted by Crippen LogP contribution is 2.07. The van der Waals surface area contributed by atoms with Gasteiger partial charge in [-0.2, -0.15) is 5.10 Å². The van der Waals surface area contributed by atoms with Crippen molar-refractivity contribution in [2.45, 2.75) is 13.2 Å². The molecule has 1 unspecified atom stereocenters. The third-order valence-electron chi connectivity index (χ3n) is 1.44. The van der Waals surface area contributed by atoms with Gasteiger partial charge in [0.1, 0.15) is 6.23 Å². The van der Waals surface area contributed by atoms with E-state index in [0.29, 0.717) is 5.69 Å². The number of nitrogens with one attached hydrogen (secondary N) is 2. The van der Waals surface area contributed by atoms with Crippen LogP contribution in [-0.4, -0.2) is 27.4 Å². The average Bonchev–Trinajstić information content (AvgIpc) is 2.53. The highest BCUT2D eigenvalue weighted by atomic mass is 16.3. The Balaban J connectivity index is 2.64. The van der Waals surface area contributed by atoms with Crippen LogP contribution in [0.1, 0.15) is 12.6 Å². The van der Waals surface area contributed by atoms with Crippen molar-refractivity contribution in [3.8, 4) is 0 Å². The Kier molecular flexibility index (Phi) is 2.81. The van der Waals surface area contributed by atoms with E-state index in [1.807, 2.05) is 0 Å². The second kappa shape index (κ2) is 3.86. The summed E-state index contributed by atoms with van der Waals surface area (Å²) in [4.78, 5) is 11.2. The molecular formula is C8H11N3O2. The van der Waals surface area contributed by atoms with Crippen LogP contribution in [0.25, 0.3) is 5.57 Å². The zero-order valence-electron chi connectivity index (χ0n) is 7.24. The summed E-state index contributed by atoms with van der Waals surface area (Å²) < 4.78 is 0. The van der Waals surface area contributed by atoms with Gasteiger partial charge in [-0.1, -0.05) is 6.58 Å². The van der Waals surface area contributed by atoms with E-state index in [1.54, 1.807) is 6.07 Å². The van der Waals surface area contributed by atoms with Gasteiger partial charge in [0, 0.05) is 6.20 Å². The summed E-state index contributed by atoms with van der Waals surface area (Å²) in [5, 5.41) is 17.4. The van der Waals surface area contributed by atoms with Crippen LogP contribution < -0.4 is 5.32 Å². The molecule has 0 bridgehead atoms. The number of hydrogen-bond acceptors (Lipinski definition) is 3. The average molecular weight is 181 g/mol. The van der Waals surface area contributed by atoms with Gasteiger partial charge in [-0.05, 0) is 13.0 Å². The molecule has 1 aromatic heterocycles. The summed E-state index contributed by atoms with van der Waals surface area (Å²) in [6.07, 6.45) is 0.642. The number of aromatic nitrogens is 2. The molecule has 0 aliphatic heterocycles. The molecule has 1 aromatic rings. The van der Waals surface area contributed by atoms with E-state index in [4.69, 9.17) is 5.11 Å². The number of H-pyrrole nitrogens is 1. The molecule has 3 N–H and O–H groups in total. The maximum absolute atomic E-state index is 11.2. The lowest BCUT2D eigenvalue weighted by Crippen LogP contribution is -2.32. The fourth-order valence-electron chi connectivity index (χ4n) is 0.823. The molecule has 1 amide bonds. The minimum Gasteiger partial charge on any atom is -0.374 e. The van der Waals surface area contributed by atoms with Crippen molar-refractivity contribution in [1.82, 2.24) is 15.5 Å². The quantitative estimate of drug-likeness (QED) is 0.449. The summed E-state index contributed by atoms with van der Waals surface area (Å²) in [5.74, 6) is -0.417. The lowest BCUT2D eigenvalue weighted by Gasteiger charge is -2.07. The van der Waals surface area contributed by atoms with Crippen LogP contribution in [-0.2, 0) is 4.79 Å². The number of nitrogens with zero attached hydrogens (tertiary/aromatic N) is 1. The minimum atomic E-state index is -0.882. The van der Waals surface area contributed by atoms with E-state index >= 15 is 0 Å². The van der Waals surface area contributed by atoms with Gasteiger partial charge in [0.05, 0.1) is 11.3 Å². The fourth-order valence-corrected chi connectivity index (χ4v) is 0.823.